The number of hydrogen-bond donors (Lipinski definition) is 2. The number of carbonyl (C=O) groups is 1. The van der Waals surface area contributed by atoms with Gasteiger partial charge in [0, 0.05) is 36.5 Å². The number of anilines is 2. The van der Waals surface area contributed by atoms with Crippen LogP contribution in [0, 0.1) is 11.6 Å². The highest BCUT2D eigenvalue weighted by Crippen LogP contribution is 2.32. The lowest BCUT2D eigenvalue weighted by molar-refractivity contribution is 0.0724. The number of nitrogen functional groups attached to an aromatic ring is 1. The van der Waals surface area contributed by atoms with Gasteiger partial charge in [0.2, 0.25) is 11.8 Å². The van der Waals surface area contributed by atoms with E-state index < -0.39 is 32.1 Å². The van der Waals surface area contributed by atoms with Gasteiger partial charge in [0.05, 0.1) is 23.7 Å². The van der Waals surface area contributed by atoms with Crippen molar-refractivity contribution in [2.24, 2.45) is 0 Å². The average Bonchev–Trinajstić information content (AvgIpc) is 3.04. The predicted octanol–water partition coefficient (Wildman–Crippen LogP) is 4.74. The van der Waals surface area contributed by atoms with Gasteiger partial charge >= 0.3 is 0 Å². The number of hydrogen-bond acceptors (Lipinski definition) is 8. The van der Waals surface area contributed by atoms with Crippen LogP contribution < -0.4 is 20.8 Å². The average molecular weight is 647 g/mol. The fraction of sp³-hybridized carbons (Fsp3) is 0.188. The second kappa shape index (κ2) is 12.2. The molecule has 0 bridgehead atoms. The molecule has 0 saturated carbocycles. The summed E-state index contributed by atoms with van der Waals surface area (Å²) in [5.41, 5.74) is 7.75. The molecule has 0 atom stereocenters. The summed E-state index contributed by atoms with van der Waals surface area (Å²) in [5, 5.41) is 0.214. The number of sulfonamides is 1. The number of likely N-dealkylation sites (tertiary alicyclic amines) is 1. The van der Waals surface area contributed by atoms with Crippen LogP contribution in [0.1, 0.15) is 29.6 Å². The minimum absolute atomic E-state index is 0.0452. The van der Waals surface area contributed by atoms with Gasteiger partial charge in [-0.15, -0.1) is 0 Å². The number of fused-ring (bicyclic) bond motifs is 1. The van der Waals surface area contributed by atoms with Crippen molar-refractivity contribution >= 4 is 38.5 Å². The highest BCUT2D eigenvalue weighted by molar-refractivity contribution is 7.92. The van der Waals surface area contributed by atoms with Crippen molar-refractivity contribution in [1.29, 1.82) is 0 Å². The molecule has 14 heteroatoms. The molecule has 46 heavy (non-hydrogen) atoms. The zero-order valence-electron chi connectivity index (χ0n) is 24.5. The Morgan fingerprint density at radius 3 is 2.39 bits per heavy atom. The number of aromatic nitrogens is 3. The molecule has 0 aliphatic carbocycles. The highest BCUT2D eigenvalue weighted by Gasteiger charge is 2.23. The Morgan fingerprint density at radius 1 is 0.957 bits per heavy atom. The van der Waals surface area contributed by atoms with E-state index in [1.807, 2.05) is 4.90 Å². The first-order valence-electron chi connectivity index (χ1n) is 14.3. The van der Waals surface area contributed by atoms with Crippen molar-refractivity contribution < 1.29 is 26.7 Å². The Hall–Kier alpha value is -5.37. The minimum Gasteiger partial charge on any atom is -0.480 e. The molecule has 1 saturated heterocycles. The maximum Gasteiger partial charge on any atom is 0.267 e. The van der Waals surface area contributed by atoms with Gasteiger partial charge in [0.1, 0.15) is 22.2 Å². The molecule has 0 unspecified atom stereocenters. The van der Waals surface area contributed by atoms with Gasteiger partial charge in [-0.1, -0.05) is 6.07 Å². The van der Waals surface area contributed by atoms with Crippen molar-refractivity contribution in [3.63, 3.8) is 0 Å². The molecular weight excluding hydrogens is 618 g/mol. The van der Waals surface area contributed by atoms with Gasteiger partial charge in [0.25, 0.3) is 21.5 Å². The first-order valence-corrected chi connectivity index (χ1v) is 15.8. The van der Waals surface area contributed by atoms with Gasteiger partial charge in [-0.25, -0.2) is 31.7 Å². The molecule has 1 amide bonds. The number of nitrogens with zero attached hydrogens (tertiary/aromatic N) is 4. The van der Waals surface area contributed by atoms with Crippen molar-refractivity contribution in [1.82, 2.24) is 19.4 Å². The van der Waals surface area contributed by atoms with Crippen molar-refractivity contribution in [3.05, 3.63) is 100 Å². The SMILES string of the molecule is COc1ncc(-c2ccc3nc(N)n(-c4ccc(C(=O)N5CCCCC5)cc4)c(=O)c3c2)cc1NS(=O)(=O)c1ccc(F)cc1F. The van der Waals surface area contributed by atoms with Gasteiger partial charge < -0.3 is 15.4 Å². The summed E-state index contributed by atoms with van der Waals surface area (Å²) in [6.45, 7) is 1.43. The molecule has 0 spiro atoms. The van der Waals surface area contributed by atoms with E-state index in [1.165, 1.54) is 23.9 Å². The van der Waals surface area contributed by atoms with Crippen LogP contribution >= 0.6 is 0 Å². The zero-order chi connectivity index (χ0) is 32.6. The van der Waals surface area contributed by atoms with E-state index in [2.05, 4.69) is 14.7 Å². The first kappa shape index (κ1) is 30.6. The molecule has 3 aromatic carbocycles. The number of amides is 1. The molecule has 5 aromatic rings. The van der Waals surface area contributed by atoms with Crippen molar-refractivity contribution in [3.8, 4) is 22.7 Å². The third-order valence-electron chi connectivity index (χ3n) is 7.72. The van der Waals surface area contributed by atoms with Crippen molar-refractivity contribution in [2.75, 3.05) is 30.7 Å². The highest BCUT2D eigenvalue weighted by atomic mass is 32.2. The molecule has 2 aromatic heterocycles. The Labute approximate surface area is 262 Å². The Balaban J connectivity index is 1.35. The van der Waals surface area contributed by atoms with Crippen LogP contribution in [0.2, 0.25) is 0 Å². The number of methoxy groups -OCH3 is 1. The summed E-state index contributed by atoms with van der Waals surface area (Å²) in [5.74, 6) is -2.41. The number of rotatable bonds is 7. The molecular formula is C32H28F2N6O5S. The van der Waals surface area contributed by atoms with E-state index in [4.69, 9.17) is 10.5 Å². The summed E-state index contributed by atoms with van der Waals surface area (Å²) in [4.78, 5) is 36.3. The van der Waals surface area contributed by atoms with E-state index >= 15 is 0 Å². The number of nitrogens with one attached hydrogen (secondary N) is 1. The number of ether oxygens (including phenoxy) is 1. The third-order valence-corrected chi connectivity index (χ3v) is 9.11. The molecule has 11 nitrogen and oxygen atoms in total. The number of piperidine rings is 1. The fourth-order valence-electron chi connectivity index (χ4n) is 5.40. The van der Waals surface area contributed by atoms with E-state index in [0.29, 0.717) is 47.1 Å². The number of nitrogens with two attached hydrogens (primary N) is 1. The van der Waals surface area contributed by atoms with Gasteiger partial charge in [-0.3, -0.25) is 14.3 Å². The lowest BCUT2D eigenvalue weighted by atomic mass is 10.0. The van der Waals surface area contributed by atoms with Crippen LogP contribution in [0.15, 0.2) is 82.6 Å². The van der Waals surface area contributed by atoms with Gasteiger partial charge in [-0.2, -0.15) is 0 Å². The largest absolute Gasteiger partial charge is 0.480 e. The smallest absolute Gasteiger partial charge is 0.267 e. The molecule has 6 rings (SSSR count). The van der Waals surface area contributed by atoms with Crippen molar-refractivity contribution in [2.45, 2.75) is 24.2 Å². The lowest BCUT2D eigenvalue weighted by Gasteiger charge is -2.26. The topological polar surface area (TPSA) is 150 Å². The van der Waals surface area contributed by atoms with Gasteiger partial charge in [0.15, 0.2) is 0 Å². The number of halogens is 2. The quantitative estimate of drug-likeness (QED) is 0.258. The van der Waals surface area contributed by atoms with E-state index in [-0.39, 0.29) is 28.8 Å². The van der Waals surface area contributed by atoms with Crippen LogP contribution in [0.3, 0.4) is 0 Å². The predicted molar refractivity (Wildman–Crippen MR) is 168 cm³/mol. The molecule has 3 heterocycles. The summed E-state index contributed by atoms with van der Waals surface area (Å²) in [6, 6.07) is 14.9. The third kappa shape index (κ3) is 5.86. The zero-order valence-corrected chi connectivity index (χ0v) is 25.4. The van der Waals surface area contributed by atoms with E-state index in [9.17, 15) is 26.8 Å². The number of pyridine rings is 1. The monoisotopic (exact) mass is 646 g/mol. The molecule has 236 valence electrons. The van der Waals surface area contributed by atoms with Crippen LogP contribution in [-0.4, -0.2) is 54.0 Å². The summed E-state index contributed by atoms with van der Waals surface area (Å²) >= 11 is 0. The van der Waals surface area contributed by atoms with E-state index in [1.54, 1.807) is 42.5 Å². The summed E-state index contributed by atoms with van der Waals surface area (Å²) < 4.78 is 62.3. The van der Waals surface area contributed by atoms with E-state index in [0.717, 1.165) is 31.4 Å². The van der Waals surface area contributed by atoms with Gasteiger partial charge in [-0.05, 0) is 79.4 Å². The fourth-order valence-corrected chi connectivity index (χ4v) is 6.51. The number of carbonyl (C=O) groups excluding carboxylic acids is 1. The van der Waals surface area contributed by atoms with Crippen LogP contribution in [0.5, 0.6) is 5.88 Å². The second-order valence-corrected chi connectivity index (χ2v) is 12.4. The summed E-state index contributed by atoms with van der Waals surface area (Å²) in [7, 11) is -3.22. The molecule has 1 aliphatic heterocycles. The van der Waals surface area contributed by atoms with Crippen LogP contribution in [0.25, 0.3) is 27.7 Å². The van der Waals surface area contributed by atoms with Crippen LogP contribution in [0.4, 0.5) is 20.4 Å². The standard InChI is InChI=1S/C32H28F2N6O5S/c1-45-29-27(38-46(43,44)28-12-8-22(33)17-25(28)34)16-21(18-36-29)20-7-11-26-24(15-20)31(42)40(32(35)37-26)23-9-5-19(6-10-23)30(41)39-13-3-2-4-14-39/h5-12,15-18,38H,2-4,13-14H2,1H3,(H2,35,37). The Morgan fingerprint density at radius 2 is 1.70 bits per heavy atom. The molecule has 0 radical (unpaired) electrons. The lowest BCUT2D eigenvalue weighted by Crippen LogP contribution is -2.35. The summed E-state index contributed by atoms with van der Waals surface area (Å²) in [6.07, 6.45) is 4.47. The molecule has 1 aliphatic rings. The maximum atomic E-state index is 14.3. The second-order valence-electron chi connectivity index (χ2n) is 10.7. The molecule has 1 fully saturated rings. The normalized spacial score (nSPS) is 13.5. The Bertz CT molecular complexity index is 2150. The molecule has 3 N–H and O–H groups in total. The minimum atomic E-state index is -4.50. The Kier molecular flexibility index (Phi) is 8.13. The number of benzene rings is 3. The maximum absolute atomic E-state index is 14.3. The first-order chi connectivity index (χ1) is 22.1. The van der Waals surface area contributed by atoms with Crippen LogP contribution in [-0.2, 0) is 10.0 Å².